The van der Waals surface area contributed by atoms with E-state index in [9.17, 15) is 0 Å². The summed E-state index contributed by atoms with van der Waals surface area (Å²) in [5.74, 6) is 2.14. The van der Waals surface area contributed by atoms with Crippen molar-refractivity contribution in [1.29, 1.82) is 0 Å². The number of nitrogens with one attached hydrogen (secondary N) is 2. The molecule has 0 aromatic heterocycles. The Balaban J connectivity index is 2.06. The van der Waals surface area contributed by atoms with Gasteiger partial charge in [-0.25, -0.2) is 0 Å². The number of fused-ring (bicyclic) bond motifs is 3. The molecule has 92 valence electrons. The number of anilines is 2. The molecule has 1 aromatic carbocycles. The van der Waals surface area contributed by atoms with E-state index in [-0.39, 0.29) is 0 Å². The maximum atomic E-state index is 3.62. The first-order chi connectivity index (χ1) is 8.16. The fourth-order valence-electron chi connectivity index (χ4n) is 3.07. The lowest BCUT2D eigenvalue weighted by molar-refractivity contribution is 0.496. The molecule has 17 heavy (non-hydrogen) atoms. The van der Waals surface area contributed by atoms with Gasteiger partial charge >= 0.3 is 0 Å². The Labute approximate surface area is 104 Å². The minimum Gasteiger partial charge on any atom is -0.383 e. The molecule has 0 spiro atoms. The van der Waals surface area contributed by atoms with Crippen LogP contribution in [-0.2, 0) is 6.42 Å². The zero-order valence-electron chi connectivity index (χ0n) is 11.0. The Hall–Kier alpha value is -1.18. The van der Waals surface area contributed by atoms with Gasteiger partial charge < -0.3 is 10.6 Å². The van der Waals surface area contributed by atoms with Crippen molar-refractivity contribution in [3.8, 4) is 0 Å². The van der Waals surface area contributed by atoms with Gasteiger partial charge in [0.15, 0.2) is 0 Å². The van der Waals surface area contributed by atoms with Crippen LogP contribution < -0.4 is 10.6 Å². The molecule has 3 unspecified atom stereocenters. The summed E-state index contributed by atoms with van der Waals surface area (Å²) >= 11 is 0. The van der Waals surface area contributed by atoms with E-state index in [1.165, 1.54) is 28.9 Å². The lowest BCUT2D eigenvalue weighted by Crippen LogP contribution is -2.28. The van der Waals surface area contributed by atoms with Gasteiger partial charge in [0.1, 0.15) is 0 Å². The lowest BCUT2D eigenvalue weighted by atomic mass is 9.82. The van der Waals surface area contributed by atoms with E-state index >= 15 is 0 Å². The van der Waals surface area contributed by atoms with Crippen molar-refractivity contribution in [3.05, 3.63) is 23.3 Å². The molecule has 0 radical (unpaired) electrons. The van der Waals surface area contributed by atoms with Crippen LogP contribution in [0.2, 0.25) is 0 Å². The Morgan fingerprint density at radius 2 is 1.76 bits per heavy atom. The average Bonchev–Trinajstić information content (AvgIpc) is 2.33. The topological polar surface area (TPSA) is 24.1 Å². The molecule has 1 aromatic rings. The Morgan fingerprint density at radius 3 is 2.59 bits per heavy atom. The molecule has 0 bridgehead atoms. The molecule has 0 saturated heterocycles. The van der Waals surface area contributed by atoms with Gasteiger partial charge in [0, 0.05) is 13.1 Å². The van der Waals surface area contributed by atoms with Crippen LogP contribution in [0.25, 0.3) is 0 Å². The van der Waals surface area contributed by atoms with Crippen molar-refractivity contribution in [1.82, 2.24) is 0 Å². The molecule has 2 aliphatic heterocycles. The number of hydrogen-bond acceptors (Lipinski definition) is 2. The number of rotatable bonds is 0. The van der Waals surface area contributed by atoms with Crippen molar-refractivity contribution >= 4 is 11.4 Å². The molecule has 2 nitrogen and oxygen atoms in total. The second kappa shape index (κ2) is 3.94. The summed E-state index contributed by atoms with van der Waals surface area (Å²) in [5.41, 5.74) is 5.72. The molecule has 2 heterocycles. The minimum atomic E-state index is 0.665. The fraction of sp³-hybridized carbons (Fsp3) is 0.600. The van der Waals surface area contributed by atoms with Crippen LogP contribution in [0.3, 0.4) is 0 Å². The van der Waals surface area contributed by atoms with Gasteiger partial charge in [0.05, 0.1) is 11.4 Å². The van der Waals surface area contributed by atoms with Crippen molar-refractivity contribution in [3.63, 3.8) is 0 Å². The maximum absolute atomic E-state index is 3.62. The van der Waals surface area contributed by atoms with Crippen LogP contribution in [-0.4, -0.2) is 13.1 Å². The molecule has 2 heteroatoms. The van der Waals surface area contributed by atoms with E-state index in [1.54, 1.807) is 0 Å². The monoisotopic (exact) mass is 230 g/mol. The first-order valence-corrected chi connectivity index (χ1v) is 6.80. The van der Waals surface area contributed by atoms with Crippen molar-refractivity contribution in [2.75, 3.05) is 23.7 Å². The second-order valence-electron chi connectivity index (χ2n) is 5.90. The Kier molecular flexibility index (Phi) is 2.53. The molecule has 3 atom stereocenters. The molecule has 0 fully saturated rings. The Morgan fingerprint density at radius 1 is 1.00 bits per heavy atom. The standard InChI is InChI=1S/C15H22N2/c1-9-6-12-4-5-13-11(3)10(2)8-17-15(13)14(12)16-7-9/h4-5,9-11,16-17H,6-8H2,1-3H3. The Bertz CT molecular complexity index is 439. The predicted octanol–water partition coefficient (Wildman–Crippen LogP) is 3.46. The highest BCUT2D eigenvalue weighted by atomic mass is 15.0. The van der Waals surface area contributed by atoms with E-state index in [2.05, 4.69) is 43.5 Å². The summed E-state index contributed by atoms with van der Waals surface area (Å²) in [5, 5.41) is 7.24. The highest BCUT2D eigenvalue weighted by Crippen LogP contribution is 2.42. The smallest absolute Gasteiger partial charge is 0.0614 e. The van der Waals surface area contributed by atoms with Crippen LogP contribution in [0.5, 0.6) is 0 Å². The molecular formula is C15H22N2. The minimum absolute atomic E-state index is 0.665. The van der Waals surface area contributed by atoms with Crippen LogP contribution in [0.15, 0.2) is 12.1 Å². The van der Waals surface area contributed by atoms with Crippen LogP contribution in [0, 0.1) is 11.8 Å². The molecule has 0 saturated carbocycles. The van der Waals surface area contributed by atoms with Gasteiger partial charge in [-0.3, -0.25) is 0 Å². The van der Waals surface area contributed by atoms with Gasteiger partial charge in [-0.1, -0.05) is 32.9 Å². The van der Waals surface area contributed by atoms with Gasteiger partial charge in [-0.2, -0.15) is 0 Å². The highest BCUT2D eigenvalue weighted by Gasteiger charge is 2.27. The van der Waals surface area contributed by atoms with Crippen molar-refractivity contribution in [2.45, 2.75) is 33.1 Å². The summed E-state index contributed by atoms with van der Waals surface area (Å²) in [6.45, 7) is 9.20. The van der Waals surface area contributed by atoms with E-state index in [4.69, 9.17) is 0 Å². The van der Waals surface area contributed by atoms with Crippen molar-refractivity contribution in [2.24, 2.45) is 11.8 Å². The number of hydrogen-bond donors (Lipinski definition) is 2. The van der Waals surface area contributed by atoms with Crippen LogP contribution in [0.4, 0.5) is 11.4 Å². The zero-order chi connectivity index (χ0) is 12.0. The van der Waals surface area contributed by atoms with Gasteiger partial charge in [0.2, 0.25) is 0 Å². The highest BCUT2D eigenvalue weighted by molar-refractivity contribution is 5.78. The lowest BCUT2D eigenvalue weighted by Gasteiger charge is -2.34. The fourth-order valence-corrected chi connectivity index (χ4v) is 3.07. The average molecular weight is 230 g/mol. The SMILES string of the molecule is CC1CNc2c(ccc3c2NCC(C)C3C)C1. The quantitative estimate of drug-likeness (QED) is 0.713. The van der Waals surface area contributed by atoms with Gasteiger partial charge in [-0.05, 0) is 35.3 Å². The molecule has 2 aliphatic rings. The molecule has 2 N–H and O–H groups in total. The van der Waals surface area contributed by atoms with Crippen molar-refractivity contribution < 1.29 is 0 Å². The zero-order valence-corrected chi connectivity index (χ0v) is 11.0. The molecular weight excluding hydrogens is 208 g/mol. The third-order valence-electron chi connectivity index (χ3n) is 4.46. The third kappa shape index (κ3) is 1.70. The van der Waals surface area contributed by atoms with E-state index < -0.39 is 0 Å². The first-order valence-electron chi connectivity index (χ1n) is 6.80. The van der Waals surface area contributed by atoms with Gasteiger partial charge in [0.25, 0.3) is 0 Å². The molecule has 0 aliphatic carbocycles. The van der Waals surface area contributed by atoms with E-state index in [0.29, 0.717) is 5.92 Å². The van der Waals surface area contributed by atoms with Crippen LogP contribution in [0.1, 0.15) is 37.8 Å². The summed E-state index contributed by atoms with van der Waals surface area (Å²) in [6, 6.07) is 4.66. The summed E-state index contributed by atoms with van der Waals surface area (Å²) < 4.78 is 0. The van der Waals surface area contributed by atoms with E-state index in [0.717, 1.165) is 24.9 Å². The third-order valence-corrected chi connectivity index (χ3v) is 4.46. The normalized spacial score (nSPS) is 30.9. The van der Waals surface area contributed by atoms with Gasteiger partial charge in [-0.15, -0.1) is 0 Å². The molecule has 3 rings (SSSR count). The second-order valence-corrected chi connectivity index (χ2v) is 5.90. The predicted molar refractivity (Wildman–Crippen MR) is 73.9 cm³/mol. The number of benzene rings is 1. The summed E-state index contributed by atoms with van der Waals surface area (Å²) in [4.78, 5) is 0. The summed E-state index contributed by atoms with van der Waals surface area (Å²) in [7, 11) is 0. The maximum Gasteiger partial charge on any atom is 0.0614 e. The largest absolute Gasteiger partial charge is 0.383 e. The summed E-state index contributed by atoms with van der Waals surface area (Å²) in [6.07, 6.45) is 1.21. The first kappa shape index (κ1) is 10.9. The van der Waals surface area contributed by atoms with E-state index in [1.807, 2.05) is 0 Å². The molecule has 0 amide bonds. The van der Waals surface area contributed by atoms with Crippen LogP contribution >= 0.6 is 0 Å².